The molecule has 0 aromatic carbocycles. The second-order valence-corrected chi connectivity index (χ2v) is 30.2. The van der Waals surface area contributed by atoms with Crippen LogP contribution in [0.3, 0.4) is 0 Å². The number of hydrogen-bond acceptors (Lipinski definition) is 15. The Labute approximate surface area is 549 Å². The van der Waals surface area contributed by atoms with E-state index in [1.165, 1.54) is 148 Å². The van der Waals surface area contributed by atoms with Gasteiger partial charge in [-0.1, -0.05) is 299 Å². The standard InChI is InChI=1S/C71H138O17P2/c1-9-64(8)50-42-34-25-20-22-28-38-46-54-71(76)87-66(57-81-68(73)51-43-35-26-18-16-14-12-10-11-13-15-17-23-31-39-47-61(2)3)59-85-89(77,78)83-55-65(72)56-84-90(79,80)86-60-67(58-82-69(74)52-44-36-30-29-33-41-49-63(6)7)88-70(75)53-45-37-27-21-19-24-32-40-48-62(4)5/h61-67,72H,9-60H2,1-8H3,(H,77,78)(H,79,80)/t64?,65-,66-,67-/m1/s1. The van der Waals surface area contributed by atoms with Crippen LogP contribution < -0.4 is 0 Å². The third-order valence-corrected chi connectivity index (χ3v) is 18.6. The van der Waals surface area contributed by atoms with Crippen molar-refractivity contribution in [3.63, 3.8) is 0 Å². The van der Waals surface area contributed by atoms with Crippen molar-refractivity contribution in [2.45, 2.75) is 369 Å². The highest BCUT2D eigenvalue weighted by Gasteiger charge is 2.30. The largest absolute Gasteiger partial charge is 0.472 e. The van der Waals surface area contributed by atoms with Gasteiger partial charge in [0.1, 0.15) is 19.3 Å². The average Bonchev–Trinajstić information content (AvgIpc) is 3.21. The molecule has 0 aliphatic heterocycles. The van der Waals surface area contributed by atoms with Crippen LogP contribution in [0, 0.1) is 23.7 Å². The Bertz CT molecular complexity index is 1780. The lowest BCUT2D eigenvalue weighted by atomic mass is 9.99. The maximum absolute atomic E-state index is 13.0. The van der Waals surface area contributed by atoms with Crippen molar-refractivity contribution < 1.29 is 80.2 Å². The van der Waals surface area contributed by atoms with E-state index < -0.39 is 97.5 Å². The lowest BCUT2D eigenvalue weighted by Crippen LogP contribution is -2.30. The summed E-state index contributed by atoms with van der Waals surface area (Å²) in [7, 11) is -9.90. The van der Waals surface area contributed by atoms with Gasteiger partial charge >= 0.3 is 39.5 Å². The number of hydrogen-bond donors (Lipinski definition) is 3. The van der Waals surface area contributed by atoms with E-state index in [2.05, 4.69) is 55.4 Å². The van der Waals surface area contributed by atoms with E-state index in [1.807, 2.05) is 0 Å². The van der Waals surface area contributed by atoms with Crippen molar-refractivity contribution in [2.24, 2.45) is 23.7 Å². The highest BCUT2D eigenvalue weighted by atomic mass is 31.2. The van der Waals surface area contributed by atoms with Crippen LogP contribution >= 0.6 is 15.6 Å². The molecule has 0 radical (unpaired) electrons. The highest BCUT2D eigenvalue weighted by molar-refractivity contribution is 7.47. The van der Waals surface area contributed by atoms with Crippen molar-refractivity contribution in [1.29, 1.82) is 0 Å². The normalized spacial score (nSPS) is 14.6. The van der Waals surface area contributed by atoms with Crippen molar-refractivity contribution in [1.82, 2.24) is 0 Å². The van der Waals surface area contributed by atoms with Gasteiger partial charge in [0.05, 0.1) is 26.4 Å². The van der Waals surface area contributed by atoms with Gasteiger partial charge in [0, 0.05) is 25.7 Å². The first-order valence-electron chi connectivity index (χ1n) is 36.7. The molecule has 0 aromatic rings. The maximum Gasteiger partial charge on any atom is 0.472 e. The first kappa shape index (κ1) is 88.1. The van der Waals surface area contributed by atoms with Crippen LogP contribution in [0.25, 0.3) is 0 Å². The van der Waals surface area contributed by atoms with Crippen LogP contribution in [0.5, 0.6) is 0 Å². The summed E-state index contributed by atoms with van der Waals surface area (Å²) >= 11 is 0. The number of unbranched alkanes of at least 4 members (excludes halogenated alkanes) is 33. The summed E-state index contributed by atoms with van der Waals surface area (Å²) in [5.41, 5.74) is 0. The van der Waals surface area contributed by atoms with Crippen molar-refractivity contribution in [3.05, 3.63) is 0 Å². The monoisotopic (exact) mass is 1320 g/mol. The summed E-state index contributed by atoms with van der Waals surface area (Å²) in [4.78, 5) is 72.5. The molecule has 3 unspecified atom stereocenters. The number of ether oxygens (including phenoxy) is 4. The summed E-state index contributed by atoms with van der Waals surface area (Å²) in [5.74, 6) is 0.841. The molecule has 0 heterocycles. The molecule has 0 amide bonds. The van der Waals surface area contributed by atoms with E-state index in [0.717, 1.165) is 114 Å². The number of phosphoric acid groups is 2. The predicted octanol–water partition coefficient (Wildman–Crippen LogP) is 20.1. The van der Waals surface area contributed by atoms with E-state index in [1.54, 1.807) is 0 Å². The molecule has 0 aliphatic rings. The average molecular weight is 1330 g/mol. The molecule has 17 nitrogen and oxygen atoms in total. The summed E-state index contributed by atoms with van der Waals surface area (Å²) in [5, 5.41) is 10.6. The van der Waals surface area contributed by atoms with Crippen molar-refractivity contribution >= 4 is 39.5 Å². The maximum atomic E-state index is 13.0. The van der Waals surface area contributed by atoms with Gasteiger partial charge in [-0.3, -0.25) is 37.3 Å². The van der Waals surface area contributed by atoms with Crippen LogP contribution in [0.15, 0.2) is 0 Å². The number of carbonyl (C=O) groups is 4. The Morgan fingerprint density at radius 1 is 0.311 bits per heavy atom. The zero-order chi connectivity index (χ0) is 66.8. The fourth-order valence-corrected chi connectivity index (χ4v) is 12.2. The minimum absolute atomic E-state index is 0.103. The number of phosphoric ester groups is 2. The lowest BCUT2D eigenvalue weighted by Gasteiger charge is -2.21. The van der Waals surface area contributed by atoms with Crippen LogP contribution in [-0.2, 0) is 65.4 Å². The molecule has 0 aliphatic carbocycles. The Balaban J connectivity index is 5.21. The fourth-order valence-electron chi connectivity index (χ4n) is 10.6. The van der Waals surface area contributed by atoms with Gasteiger partial charge in [0.25, 0.3) is 0 Å². The molecule has 3 N–H and O–H groups in total. The first-order chi connectivity index (χ1) is 43.1. The molecular weight excluding hydrogens is 1190 g/mol. The van der Waals surface area contributed by atoms with E-state index in [-0.39, 0.29) is 25.7 Å². The SMILES string of the molecule is CCC(C)CCCCCCCCCCC(=O)O[C@H](COC(=O)CCCCCCCCCCCCCCCCCC(C)C)COP(=O)(O)OC[C@@H](O)COP(=O)(O)OC[C@@H](COC(=O)CCCCCCCCC(C)C)OC(=O)CCCCCCCCCCC(C)C. The molecule has 0 rings (SSSR count). The minimum Gasteiger partial charge on any atom is -0.462 e. The van der Waals surface area contributed by atoms with Gasteiger partial charge in [-0.25, -0.2) is 9.13 Å². The van der Waals surface area contributed by atoms with Gasteiger partial charge in [-0.2, -0.15) is 0 Å². The summed E-state index contributed by atoms with van der Waals surface area (Å²) < 4.78 is 68.3. The number of carbonyl (C=O) groups excluding carboxylic acids is 4. The summed E-state index contributed by atoms with van der Waals surface area (Å²) in [6.45, 7) is 14.1. The van der Waals surface area contributed by atoms with Crippen LogP contribution in [-0.4, -0.2) is 96.7 Å². The number of aliphatic hydroxyl groups is 1. The topological polar surface area (TPSA) is 237 Å². The van der Waals surface area contributed by atoms with Crippen molar-refractivity contribution in [2.75, 3.05) is 39.6 Å². The van der Waals surface area contributed by atoms with Crippen LogP contribution in [0.4, 0.5) is 0 Å². The molecule has 0 fully saturated rings. The van der Waals surface area contributed by atoms with Gasteiger partial charge in [0.2, 0.25) is 0 Å². The zero-order valence-electron chi connectivity index (χ0n) is 58.8. The van der Waals surface area contributed by atoms with E-state index in [4.69, 9.17) is 37.0 Å². The van der Waals surface area contributed by atoms with Gasteiger partial charge in [0.15, 0.2) is 12.2 Å². The summed E-state index contributed by atoms with van der Waals surface area (Å²) in [6, 6.07) is 0. The number of aliphatic hydroxyl groups excluding tert-OH is 1. The molecule has 90 heavy (non-hydrogen) atoms. The van der Waals surface area contributed by atoms with Gasteiger partial charge in [-0.05, 0) is 49.4 Å². The highest BCUT2D eigenvalue weighted by Crippen LogP contribution is 2.45. The molecule has 0 spiro atoms. The second-order valence-electron chi connectivity index (χ2n) is 27.3. The van der Waals surface area contributed by atoms with Gasteiger partial charge < -0.3 is 33.8 Å². The molecular formula is C71H138O17P2. The number of rotatable bonds is 68. The van der Waals surface area contributed by atoms with E-state index >= 15 is 0 Å². The summed E-state index contributed by atoms with van der Waals surface area (Å²) in [6.07, 6.45) is 43.3. The van der Waals surface area contributed by atoms with Crippen LogP contribution in [0.1, 0.15) is 351 Å². The molecule has 534 valence electrons. The Hall–Kier alpha value is -1.94. The minimum atomic E-state index is -4.95. The molecule has 0 saturated heterocycles. The van der Waals surface area contributed by atoms with Gasteiger partial charge in [-0.15, -0.1) is 0 Å². The van der Waals surface area contributed by atoms with E-state index in [0.29, 0.717) is 31.6 Å². The number of esters is 4. The lowest BCUT2D eigenvalue weighted by molar-refractivity contribution is -0.161. The molecule has 0 aromatic heterocycles. The molecule has 0 bridgehead atoms. The quantitative estimate of drug-likeness (QED) is 0.0222. The Morgan fingerprint density at radius 2 is 0.533 bits per heavy atom. The zero-order valence-corrected chi connectivity index (χ0v) is 60.6. The van der Waals surface area contributed by atoms with E-state index in [9.17, 15) is 43.2 Å². The second kappa shape index (κ2) is 60.7. The Morgan fingerprint density at radius 3 is 0.789 bits per heavy atom. The molecule has 19 heteroatoms. The molecule has 0 saturated carbocycles. The van der Waals surface area contributed by atoms with Crippen LogP contribution in [0.2, 0.25) is 0 Å². The van der Waals surface area contributed by atoms with Crippen molar-refractivity contribution in [3.8, 4) is 0 Å². The molecule has 6 atom stereocenters. The first-order valence-corrected chi connectivity index (χ1v) is 39.7. The fraction of sp³-hybridized carbons (Fsp3) is 0.944. The smallest absolute Gasteiger partial charge is 0.462 e. The Kier molecular flexibility index (Phi) is 59.4. The predicted molar refractivity (Wildman–Crippen MR) is 363 cm³/mol. The third kappa shape index (κ3) is 63.5. The third-order valence-electron chi connectivity index (χ3n) is 16.7.